The molecule has 0 saturated carbocycles. The lowest BCUT2D eigenvalue weighted by Crippen LogP contribution is -2.19. The van der Waals surface area contributed by atoms with E-state index < -0.39 is 0 Å². The number of amides is 1. The molecule has 5 heteroatoms. The Hall–Kier alpha value is -3.08. The van der Waals surface area contributed by atoms with Gasteiger partial charge < -0.3 is 9.47 Å². The summed E-state index contributed by atoms with van der Waals surface area (Å²) in [5.74, 6) is -0.195. The van der Waals surface area contributed by atoms with Gasteiger partial charge in [-0.05, 0) is 56.5 Å². The molecular formula is C24H28N4O. The molecule has 0 bridgehead atoms. The minimum Gasteiger partial charge on any atom is -0.372 e. The van der Waals surface area contributed by atoms with Gasteiger partial charge in [-0.15, -0.1) is 0 Å². The van der Waals surface area contributed by atoms with Crippen molar-refractivity contribution in [3.05, 3.63) is 65.9 Å². The summed E-state index contributed by atoms with van der Waals surface area (Å²) in [6.45, 7) is 6.59. The predicted octanol–water partition coefficient (Wildman–Crippen LogP) is 4.98. The first kappa shape index (κ1) is 19.2. The number of nitrogens with zero attached hydrogens (tertiary/aromatic N) is 3. The molecule has 0 spiro atoms. The lowest BCUT2D eigenvalue weighted by molar-refractivity contribution is 0.0955. The minimum atomic E-state index is -0.195. The van der Waals surface area contributed by atoms with Crippen molar-refractivity contribution in [2.45, 2.75) is 39.2 Å². The van der Waals surface area contributed by atoms with E-state index in [0.717, 1.165) is 30.5 Å². The molecule has 0 radical (unpaired) electrons. The summed E-state index contributed by atoms with van der Waals surface area (Å²) in [7, 11) is 0. The normalized spacial score (nSPS) is 15.3. The third-order valence-corrected chi connectivity index (χ3v) is 5.81. The second-order valence-corrected chi connectivity index (χ2v) is 7.71. The molecule has 1 aliphatic rings. The number of aromatic nitrogens is 1. The van der Waals surface area contributed by atoms with Gasteiger partial charge >= 0.3 is 0 Å². The third kappa shape index (κ3) is 4.04. The predicted molar refractivity (Wildman–Crippen MR) is 120 cm³/mol. The van der Waals surface area contributed by atoms with Gasteiger partial charge in [-0.2, -0.15) is 5.10 Å². The largest absolute Gasteiger partial charge is 0.372 e. The summed E-state index contributed by atoms with van der Waals surface area (Å²) < 4.78 is 2.27. The van der Waals surface area contributed by atoms with Gasteiger partial charge in [0.25, 0.3) is 5.91 Å². The molecule has 4 rings (SSSR count). The number of para-hydroxylation sites is 1. The van der Waals surface area contributed by atoms with E-state index in [4.69, 9.17) is 0 Å². The van der Waals surface area contributed by atoms with E-state index >= 15 is 0 Å². The molecule has 1 aromatic heterocycles. The van der Waals surface area contributed by atoms with Crippen LogP contribution >= 0.6 is 0 Å². The van der Waals surface area contributed by atoms with Gasteiger partial charge in [0.15, 0.2) is 0 Å². The van der Waals surface area contributed by atoms with Crippen molar-refractivity contribution in [3.63, 3.8) is 0 Å². The number of carbonyl (C=O) groups excluding carboxylic acids is 1. The third-order valence-electron chi connectivity index (χ3n) is 5.81. The van der Waals surface area contributed by atoms with E-state index in [-0.39, 0.29) is 5.91 Å². The Morgan fingerprint density at radius 1 is 1.14 bits per heavy atom. The SMILES string of the molecule is CC[C@@H](C)n1cc(/C=N\NC(=O)c2ccc(N3CCCC3)cc2)c2ccccc21. The Morgan fingerprint density at radius 3 is 2.59 bits per heavy atom. The molecule has 0 aliphatic carbocycles. The van der Waals surface area contributed by atoms with Crippen molar-refractivity contribution < 1.29 is 4.79 Å². The highest BCUT2D eigenvalue weighted by atomic mass is 16.2. The number of hydrazone groups is 1. The zero-order valence-electron chi connectivity index (χ0n) is 17.1. The molecule has 1 aliphatic heterocycles. The lowest BCUT2D eigenvalue weighted by Gasteiger charge is -2.17. The minimum absolute atomic E-state index is 0.195. The molecule has 2 aromatic carbocycles. The summed E-state index contributed by atoms with van der Waals surface area (Å²) >= 11 is 0. The van der Waals surface area contributed by atoms with Gasteiger partial charge in [0, 0.05) is 53.0 Å². The van der Waals surface area contributed by atoms with Crippen molar-refractivity contribution in [2.75, 3.05) is 18.0 Å². The van der Waals surface area contributed by atoms with Gasteiger partial charge in [0.2, 0.25) is 0 Å². The summed E-state index contributed by atoms with van der Waals surface area (Å²) in [4.78, 5) is 14.8. The number of anilines is 1. The van der Waals surface area contributed by atoms with Gasteiger partial charge in [-0.3, -0.25) is 4.79 Å². The van der Waals surface area contributed by atoms with Crippen LogP contribution in [0.4, 0.5) is 5.69 Å². The zero-order chi connectivity index (χ0) is 20.2. The average Bonchev–Trinajstić information content (AvgIpc) is 3.42. The number of hydrogen-bond donors (Lipinski definition) is 1. The first-order valence-electron chi connectivity index (χ1n) is 10.5. The maximum Gasteiger partial charge on any atom is 0.271 e. The molecule has 3 aromatic rings. The quantitative estimate of drug-likeness (QED) is 0.478. The van der Waals surface area contributed by atoms with Gasteiger partial charge in [-0.25, -0.2) is 5.43 Å². The van der Waals surface area contributed by atoms with Crippen LogP contribution in [0.25, 0.3) is 10.9 Å². The van der Waals surface area contributed by atoms with Crippen LogP contribution in [0.1, 0.15) is 55.1 Å². The van der Waals surface area contributed by atoms with Crippen LogP contribution in [-0.2, 0) is 0 Å². The van der Waals surface area contributed by atoms with Gasteiger partial charge in [0.1, 0.15) is 0 Å². The van der Waals surface area contributed by atoms with Crippen LogP contribution in [0.2, 0.25) is 0 Å². The Bertz CT molecular complexity index is 1010. The molecule has 2 heterocycles. The molecule has 29 heavy (non-hydrogen) atoms. The van der Waals surface area contributed by atoms with Crippen LogP contribution in [-0.4, -0.2) is 29.8 Å². The summed E-state index contributed by atoms with van der Waals surface area (Å²) in [5, 5.41) is 5.36. The number of rotatable bonds is 6. The maximum atomic E-state index is 12.4. The molecule has 150 valence electrons. The Balaban J connectivity index is 1.46. The highest BCUT2D eigenvalue weighted by Gasteiger charge is 2.13. The monoisotopic (exact) mass is 388 g/mol. The molecule has 1 saturated heterocycles. The Morgan fingerprint density at radius 2 is 1.86 bits per heavy atom. The fourth-order valence-electron chi connectivity index (χ4n) is 3.92. The second-order valence-electron chi connectivity index (χ2n) is 7.71. The van der Waals surface area contributed by atoms with Crippen LogP contribution in [0, 0.1) is 0 Å². The Labute approximate surface area is 172 Å². The summed E-state index contributed by atoms with van der Waals surface area (Å²) in [6, 6.07) is 16.5. The number of carbonyl (C=O) groups is 1. The fourth-order valence-corrected chi connectivity index (χ4v) is 3.92. The standard InChI is InChI=1S/C24H28N4O/c1-3-18(2)28-17-20(22-8-4-5-9-23(22)28)16-25-26-24(29)19-10-12-21(13-11-19)27-14-6-7-15-27/h4-5,8-13,16-18H,3,6-7,14-15H2,1-2H3,(H,26,29)/b25-16-/t18-/m1/s1. The van der Waals surface area contributed by atoms with E-state index in [9.17, 15) is 4.79 Å². The van der Waals surface area contributed by atoms with Gasteiger partial charge in [-0.1, -0.05) is 25.1 Å². The van der Waals surface area contributed by atoms with E-state index in [0.29, 0.717) is 11.6 Å². The van der Waals surface area contributed by atoms with E-state index in [1.54, 1.807) is 6.21 Å². The zero-order valence-corrected chi connectivity index (χ0v) is 17.1. The molecular weight excluding hydrogens is 360 g/mol. The molecule has 0 unspecified atom stereocenters. The average molecular weight is 389 g/mol. The highest BCUT2D eigenvalue weighted by molar-refractivity contribution is 6.00. The van der Waals surface area contributed by atoms with Crippen molar-refractivity contribution >= 4 is 28.7 Å². The van der Waals surface area contributed by atoms with Crippen molar-refractivity contribution in [3.8, 4) is 0 Å². The highest BCUT2D eigenvalue weighted by Crippen LogP contribution is 2.25. The smallest absolute Gasteiger partial charge is 0.271 e. The van der Waals surface area contributed by atoms with Crippen LogP contribution in [0.3, 0.4) is 0 Å². The van der Waals surface area contributed by atoms with Crippen LogP contribution < -0.4 is 10.3 Å². The number of nitrogens with one attached hydrogen (secondary N) is 1. The molecule has 1 N–H and O–H groups in total. The first-order valence-corrected chi connectivity index (χ1v) is 10.5. The Kier molecular flexibility index (Phi) is 5.65. The van der Waals surface area contributed by atoms with Crippen LogP contribution in [0.5, 0.6) is 0 Å². The fraction of sp³-hybridized carbons (Fsp3) is 0.333. The maximum absolute atomic E-state index is 12.4. The summed E-state index contributed by atoms with van der Waals surface area (Å²) in [6.07, 6.45) is 7.38. The van der Waals surface area contributed by atoms with E-state index in [1.807, 2.05) is 30.3 Å². The number of fused-ring (bicyclic) bond motifs is 1. The molecule has 1 amide bonds. The second kappa shape index (κ2) is 8.52. The molecule has 1 atom stereocenters. The van der Waals surface area contributed by atoms with Crippen LogP contribution in [0.15, 0.2) is 59.8 Å². The lowest BCUT2D eigenvalue weighted by atomic mass is 10.2. The number of hydrogen-bond acceptors (Lipinski definition) is 3. The topological polar surface area (TPSA) is 49.6 Å². The number of benzene rings is 2. The van der Waals surface area contributed by atoms with E-state index in [1.165, 1.54) is 24.0 Å². The summed E-state index contributed by atoms with van der Waals surface area (Å²) in [5.41, 5.74) is 6.65. The molecule has 5 nitrogen and oxygen atoms in total. The van der Waals surface area contributed by atoms with E-state index in [2.05, 4.69) is 58.2 Å². The van der Waals surface area contributed by atoms with Gasteiger partial charge in [0.05, 0.1) is 6.21 Å². The first-order chi connectivity index (χ1) is 14.2. The van der Waals surface area contributed by atoms with Crippen molar-refractivity contribution in [2.24, 2.45) is 5.10 Å². The van der Waals surface area contributed by atoms with Crippen molar-refractivity contribution in [1.82, 2.24) is 9.99 Å². The molecule has 1 fully saturated rings. The van der Waals surface area contributed by atoms with Crippen molar-refractivity contribution in [1.29, 1.82) is 0 Å².